The van der Waals surface area contributed by atoms with Gasteiger partial charge in [0, 0.05) is 5.56 Å². The van der Waals surface area contributed by atoms with Crippen molar-refractivity contribution in [3.05, 3.63) is 91.6 Å². The molecular weight excluding hydrogens is 340 g/mol. The van der Waals surface area contributed by atoms with E-state index in [9.17, 15) is 9.59 Å². The van der Waals surface area contributed by atoms with E-state index in [2.05, 4.69) is 22.4 Å². The van der Waals surface area contributed by atoms with Gasteiger partial charge >= 0.3 is 5.69 Å². The number of nitrogens with zero attached hydrogens (tertiary/aromatic N) is 1. The zero-order valence-electron chi connectivity index (χ0n) is 15.5. The predicted octanol–water partition coefficient (Wildman–Crippen LogP) is 1.11. The lowest BCUT2D eigenvalue weighted by Crippen LogP contribution is -3.11. The van der Waals surface area contributed by atoms with Gasteiger partial charge in [0.2, 0.25) is 0 Å². The summed E-state index contributed by atoms with van der Waals surface area (Å²) in [6.07, 6.45) is 0. The molecule has 0 spiro atoms. The lowest BCUT2D eigenvalue weighted by Gasteiger charge is -2.28. The maximum absolute atomic E-state index is 12.5. The molecule has 6 heteroatoms. The number of rotatable bonds is 3. The van der Waals surface area contributed by atoms with E-state index < -0.39 is 5.69 Å². The Labute approximate surface area is 157 Å². The Balaban J connectivity index is 1.73. The molecule has 0 radical (unpaired) electrons. The van der Waals surface area contributed by atoms with Gasteiger partial charge in [0.05, 0.1) is 5.69 Å². The molecule has 3 N–H and O–H groups in total. The average molecular weight is 363 g/mol. The van der Waals surface area contributed by atoms with Crippen molar-refractivity contribution >= 4 is 5.82 Å². The van der Waals surface area contributed by atoms with Crippen molar-refractivity contribution in [2.45, 2.75) is 26.9 Å². The number of quaternary nitrogens is 1. The largest absolute Gasteiger partial charge is 0.334 e. The van der Waals surface area contributed by atoms with Crippen LogP contribution >= 0.6 is 0 Å². The summed E-state index contributed by atoms with van der Waals surface area (Å²) in [4.78, 5) is 28.7. The van der Waals surface area contributed by atoms with Crippen LogP contribution in [0.3, 0.4) is 0 Å². The van der Waals surface area contributed by atoms with Crippen LogP contribution in [0.2, 0.25) is 0 Å². The minimum Gasteiger partial charge on any atom is -0.324 e. The summed E-state index contributed by atoms with van der Waals surface area (Å²) in [5.41, 5.74) is 4.13. The molecule has 0 aliphatic carbocycles. The van der Waals surface area contributed by atoms with Gasteiger partial charge in [0.1, 0.15) is 24.5 Å². The molecule has 1 aliphatic heterocycles. The highest BCUT2D eigenvalue weighted by Gasteiger charge is 2.26. The number of benzene rings is 2. The second-order valence-corrected chi connectivity index (χ2v) is 7.13. The van der Waals surface area contributed by atoms with Crippen molar-refractivity contribution < 1.29 is 4.90 Å². The molecule has 0 saturated carbocycles. The van der Waals surface area contributed by atoms with Crippen molar-refractivity contribution in [2.75, 3.05) is 12.0 Å². The Kier molecular flexibility index (Phi) is 4.41. The summed E-state index contributed by atoms with van der Waals surface area (Å²) in [6, 6.07) is 16.1. The minimum atomic E-state index is -0.416. The van der Waals surface area contributed by atoms with Crippen molar-refractivity contribution in [1.29, 1.82) is 0 Å². The highest BCUT2D eigenvalue weighted by molar-refractivity contribution is 5.52. The zero-order chi connectivity index (χ0) is 19.0. The van der Waals surface area contributed by atoms with Gasteiger partial charge in [0.15, 0.2) is 6.67 Å². The predicted molar refractivity (Wildman–Crippen MR) is 105 cm³/mol. The van der Waals surface area contributed by atoms with Crippen molar-refractivity contribution in [3.8, 4) is 5.69 Å². The van der Waals surface area contributed by atoms with E-state index >= 15 is 0 Å². The monoisotopic (exact) mass is 363 g/mol. The van der Waals surface area contributed by atoms with E-state index in [1.807, 2.05) is 50.2 Å². The van der Waals surface area contributed by atoms with Crippen LogP contribution in [-0.2, 0) is 13.1 Å². The first-order chi connectivity index (χ1) is 13.0. The number of anilines is 1. The number of hydrogen-bond donors (Lipinski definition) is 3. The summed E-state index contributed by atoms with van der Waals surface area (Å²) >= 11 is 0. The maximum Gasteiger partial charge on any atom is 0.334 e. The molecular formula is C21H23N4O2+. The topological polar surface area (TPSA) is 71.3 Å². The highest BCUT2D eigenvalue weighted by atomic mass is 16.2. The van der Waals surface area contributed by atoms with Gasteiger partial charge in [-0.3, -0.25) is 9.78 Å². The molecule has 2 aromatic carbocycles. The van der Waals surface area contributed by atoms with E-state index in [0.717, 1.165) is 23.4 Å². The van der Waals surface area contributed by atoms with Crippen LogP contribution in [0.1, 0.15) is 22.3 Å². The summed E-state index contributed by atoms with van der Waals surface area (Å²) < 4.78 is 1.57. The van der Waals surface area contributed by atoms with Gasteiger partial charge in [0.25, 0.3) is 5.56 Å². The third-order valence-electron chi connectivity index (χ3n) is 5.19. The molecule has 0 bridgehead atoms. The quantitative estimate of drug-likeness (QED) is 0.653. The van der Waals surface area contributed by atoms with Crippen LogP contribution in [0.5, 0.6) is 0 Å². The molecule has 0 saturated heterocycles. The molecule has 6 nitrogen and oxygen atoms in total. The third kappa shape index (κ3) is 3.31. The van der Waals surface area contributed by atoms with Gasteiger partial charge < -0.3 is 10.2 Å². The van der Waals surface area contributed by atoms with Crippen LogP contribution in [0.4, 0.5) is 5.82 Å². The SMILES string of the molecule is Cc1ccc(-n2c3c(c(=O)[nH]c2=O)C[NH+](Cc2ccccc2)CN3)cc1C. The second-order valence-electron chi connectivity index (χ2n) is 7.13. The first-order valence-electron chi connectivity index (χ1n) is 9.10. The molecule has 1 atom stereocenters. The van der Waals surface area contributed by atoms with Crippen LogP contribution < -0.4 is 21.5 Å². The fourth-order valence-corrected chi connectivity index (χ4v) is 3.56. The van der Waals surface area contributed by atoms with E-state index in [0.29, 0.717) is 24.6 Å². The van der Waals surface area contributed by atoms with Crippen LogP contribution in [0.25, 0.3) is 5.69 Å². The number of aromatic amines is 1. The van der Waals surface area contributed by atoms with Crippen molar-refractivity contribution in [1.82, 2.24) is 9.55 Å². The molecule has 1 aliphatic rings. The second kappa shape index (κ2) is 6.89. The summed E-state index contributed by atoms with van der Waals surface area (Å²) in [7, 11) is 0. The lowest BCUT2D eigenvalue weighted by molar-refractivity contribution is -0.926. The normalized spacial score (nSPS) is 15.9. The van der Waals surface area contributed by atoms with Gasteiger partial charge in [-0.1, -0.05) is 36.4 Å². The van der Waals surface area contributed by atoms with Gasteiger partial charge in [-0.05, 0) is 37.1 Å². The molecule has 3 aromatic rings. The molecule has 0 fully saturated rings. The molecule has 27 heavy (non-hydrogen) atoms. The Bertz CT molecular complexity index is 1100. The van der Waals surface area contributed by atoms with Gasteiger partial charge in [-0.15, -0.1) is 0 Å². The summed E-state index contributed by atoms with van der Waals surface area (Å²) in [6.45, 7) is 6.08. The minimum absolute atomic E-state index is 0.312. The zero-order valence-corrected chi connectivity index (χ0v) is 15.5. The molecule has 1 aromatic heterocycles. The van der Waals surface area contributed by atoms with Crippen molar-refractivity contribution in [2.24, 2.45) is 0 Å². The Morgan fingerprint density at radius 2 is 1.81 bits per heavy atom. The lowest BCUT2D eigenvalue weighted by atomic mass is 10.1. The number of H-pyrrole nitrogens is 1. The number of aryl methyl sites for hydroxylation is 2. The van der Waals surface area contributed by atoms with E-state index in [-0.39, 0.29) is 5.56 Å². The third-order valence-corrected chi connectivity index (χ3v) is 5.19. The Morgan fingerprint density at radius 1 is 1.04 bits per heavy atom. The highest BCUT2D eigenvalue weighted by Crippen LogP contribution is 2.19. The Morgan fingerprint density at radius 3 is 2.56 bits per heavy atom. The average Bonchev–Trinajstić information content (AvgIpc) is 2.66. The number of aromatic nitrogens is 2. The molecule has 0 amide bonds. The molecule has 4 rings (SSSR count). The molecule has 1 unspecified atom stereocenters. The molecule has 2 heterocycles. The van der Waals surface area contributed by atoms with E-state index in [1.54, 1.807) is 4.57 Å². The summed E-state index contributed by atoms with van der Waals surface area (Å²) in [5.74, 6) is 0.601. The smallest absolute Gasteiger partial charge is 0.324 e. The van der Waals surface area contributed by atoms with Gasteiger partial charge in [-0.2, -0.15) is 0 Å². The van der Waals surface area contributed by atoms with E-state index in [1.165, 1.54) is 10.5 Å². The first-order valence-corrected chi connectivity index (χ1v) is 9.10. The van der Waals surface area contributed by atoms with Gasteiger partial charge in [-0.25, -0.2) is 9.36 Å². The van der Waals surface area contributed by atoms with Crippen LogP contribution in [-0.4, -0.2) is 16.2 Å². The number of hydrogen-bond acceptors (Lipinski definition) is 3. The fourth-order valence-electron chi connectivity index (χ4n) is 3.56. The summed E-state index contributed by atoms with van der Waals surface area (Å²) in [5, 5.41) is 3.32. The first kappa shape index (κ1) is 17.3. The Hall–Kier alpha value is -3.12. The number of fused-ring (bicyclic) bond motifs is 1. The standard InChI is InChI=1S/C21H22N4O2/c1-14-8-9-17(10-15(14)2)25-19-18(20(26)23-21(25)27)12-24(13-22-19)11-16-6-4-3-5-7-16/h3-10,22H,11-13H2,1-2H3,(H,23,26,27)/p+1. The van der Waals surface area contributed by atoms with Crippen LogP contribution in [0, 0.1) is 13.8 Å². The van der Waals surface area contributed by atoms with Crippen LogP contribution in [0.15, 0.2) is 58.1 Å². The fraction of sp³-hybridized carbons (Fsp3) is 0.238. The molecule has 138 valence electrons. The number of nitrogens with one attached hydrogen (secondary N) is 3. The maximum atomic E-state index is 12.5. The van der Waals surface area contributed by atoms with E-state index in [4.69, 9.17) is 0 Å². The van der Waals surface area contributed by atoms with Crippen molar-refractivity contribution in [3.63, 3.8) is 0 Å².